The van der Waals surface area contributed by atoms with E-state index in [1.807, 2.05) is 12.1 Å². The first kappa shape index (κ1) is 27.7. The van der Waals surface area contributed by atoms with Crippen LogP contribution < -0.4 is 19.7 Å². The number of benzene rings is 2. The van der Waals surface area contributed by atoms with Crippen LogP contribution in [0, 0.1) is 11.3 Å². The fourth-order valence-electron chi connectivity index (χ4n) is 6.08. The number of nitrogens with zero attached hydrogens (tertiary/aromatic N) is 3. The van der Waals surface area contributed by atoms with E-state index in [-0.39, 0.29) is 10.2 Å². The number of hydrogen-bond acceptors (Lipinski definition) is 6. The van der Waals surface area contributed by atoms with Crippen LogP contribution in [0.5, 0.6) is 0 Å². The largest absolute Gasteiger partial charge is 0.477 e. The normalized spacial score (nSPS) is 19.0. The Labute approximate surface area is 251 Å². The number of thiazole rings is 1. The molecule has 6 rings (SSSR count). The van der Waals surface area contributed by atoms with Crippen LogP contribution in [0.3, 0.4) is 0 Å². The van der Waals surface area contributed by atoms with E-state index in [0.29, 0.717) is 23.0 Å². The second-order valence-corrected chi connectivity index (χ2v) is 12.4. The maximum absolute atomic E-state index is 13.1. The van der Waals surface area contributed by atoms with Crippen LogP contribution in [0.2, 0.25) is 0 Å². The summed E-state index contributed by atoms with van der Waals surface area (Å²) in [6, 6.07) is 21.3. The van der Waals surface area contributed by atoms with Gasteiger partial charge in [0.15, 0.2) is 5.57 Å². The van der Waals surface area contributed by atoms with Gasteiger partial charge in [-0.1, -0.05) is 48.9 Å². The molecule has 8 heteroatoms. The summed E-state index contributed by atoms with van der Waals surface area (Å²) in [6.07, 6.45) is 13.6. The molecule has 1 fully saturated rings. The summed E-state index contributed by atoms with van der Waals surface area (Å²) in [4.78, 5) is 28.4. The molecule has 1 aliphatic carbocycles. The molecule has 210 valence electrons. The summed E-state index contributed by atoms with van der Waals surface area (Å²) in [7, 11) is 0. The highest BCUT2D eigenvalue weighted by Crippen LogP contribution is 2.52. The molecular weight excluding hydrogens is 563 g/mol. The molecule has 0 amide bonds. The topological polar surface area (TPSA) is 86.3 Å². The lowest BCUT2D eigenvalue weighted by molar-refractivity contribution is -0.130. The molecule has 2 aliphatic rings. The summed E-state index contributed by atoms with van der Waals surface area (Å²) < 4.78 is 1.97. The number of hydrogen-bond donors (Lipinski definition) is 1. The highest BCUT2D eigenvalue weighted by atomic mass is 32.1. The van der Waals surface area contributed by atoms with Gasteiger partial charge in [-0.25, -0.2) is 4.79 Å². The van der Waals surface area contributed by atoms with Gasteiger partial charge < -0.3 is 10.0 Å². The third-order valence-corrected chi connectivity index (χ3v) is 9.93. The molecule has 1 aliphatic heterocycles. The van der Waals surface area contributed by atoms with Gasteiger partial charge in [0.1, 0.15) is 10.7 Å². The van der Waals surface area contributed by atoms with Crippen molar-refractivity contribution in [2.24, 2.45) is 0 Å². The van der Waals surface area contributed by atoms with E-state index in [4.69, 9.17) is 0 Å². The van der Waals surface area contributed by atoms with Gasteiger partial charge in [0.2, 0.25) is 0 Å². The number of carboxylic acids is 1. The maximum Gasteiger partial charge on any atom is 0.349 e. The first-order chi connectivity index (χ1) is 20.5. The van der Waals surface area contributed by atoms with E-state index in [1.54, 1.807) is 24.3 Å². The lowest BCUT2D eigenvalue weighted by atomic mass is 9.96. The van der Waals surface area contributed by atoms with Crippen LogP contribution in [-0.4, -0.2) is 21.7 Å². The van der Waals surface area contributed by atoms with Crippen molar-refractivity contribution in [1.29, 1.82) is 5.26 Å². The molecule has 6 nitrogen and oxygen atoms in total. The zero-order valence-corrected chi connectivity index (χ0v) is 24.7. The van der Waals surface area contributed by atoms with E-state index in [0.717, 1.165) is 35.3 Å². The second-order valence-electron chi connectivity index (χ2n) is 10.4. The minimum atomic E-state index is -1.33. The SMILES string of the molecule is CCn1c(=O)/c(=C/c2ccc3c(c2)C2CCCC2N3c2ccc(C=CC=Cc3cccs3)cc2)s/c1=C(\C#N)C(=O)O. The molecule has 1 N–H and O–H groups in total. The lowest BCUT2D eigenvalue weighted by Gasteiger charge is -2.27. The van der Waals surface area contributed by atoms with Gasteiger partial charge in [0, 0.05) is 34.8 Å². The van der Waals surface area contributed by atoms with Crippen molar-refractivity contribution >= 4 is 63.8 Å². The van der Waals surface area contributed by atoms with E-state index >= 15 is 0 Å². The summed E-state index contributed by atoms with van der Waals surface area (Å²) >= 11 is 2.78. The van der Waals surface area contributed by atoms with E-state index in [2.05, 4.69) is 83.1 Å². The Hall–Kier alpha value is -4.45. The van der Waals surface area contributed by atoms with E-state index in [1.165, 1.54) is 32.8 Å². The van der Waals surface area contributed by atoms with Gasteiger partial charge >= 0.3 is 5.97 Å². The standard InChI is InChI=1S/C34H29N3O3S2/c1-2-36-32(38)31(42-33(36)28(21-35)34(39)40)20-23-14-17-30-27(19-23)26-10-5-11-29(26)37(30)24-15-12-22(13-16-24)7-3-4-8-25-9-6-18-41-25/h3-4,6-9,12-20,26,29H,2,5,10-11H2,1H3,(H,39,40)/b7-3?,8-4?,31-20-,33-28+. The number of carbonyl (C=O) groups is 1. The van der Waals surface area contributed by atoms with Crippen LogP contribution in [0.4, 0.5) is 11.4 Å². The number of fused-ring (bicyclic) bond motifs is 3. The number of nitriles is 1. The van der Waals surface area contributed by atoms with Crippen molar-refractivity contribution in [3.05, 3.63) is 113 Å². The Kier molecular flexibility index (Phi) is 7.79. The minimum absolute atomic E-state index is 0.184. The van der Waals surface area contributed by atoms with E-state index in [9.17, 15) is 20.0 Å². The Morgan fingerprint density at radius 2 is 1.88 bits per heavy atom. The van der Waals surface area contributed by atoms with Crippen molar-refractivity contribution in [2.75, 3.05) is 4.90 Å². The quantitative estimate of drug-likeness (QED) is 0.263. The lowest BCUT2D eigenvalue weighted by Crippen LogP contribution is -2.32. The zero-order chi connectivity index (χ0) is 29.2. The minimum Gasteiger partial charge on any atom is -0.477 e. The first-order valence-electron chi connectivity index (χ1n) is 14.0. The molecule has 0 saturated heterocycles. The molecule has 0 spiro atoms. The Balaban J connectivity index is 1.31. The van der Waals surface area contributed by atoms with Gasteiger partial charge in [0.05, 0.1) is 4.53 Å². The average Bonchev–Trinajstić information content (AvgIpc) is 3.78. The fourth-order valence-corrected chi connectivity index (χ4v) is 7.87. The van der Waals surface area contributed by atoms with Crippen molar-refractivity contribution in [2.45, 2.75) is 44.7 Å². The second kappa shape index (κ2) is 11.8. The average molecular weight is 592 g/mol. The van der Waals surface area contributed by atoms with Crippen LogP contribution in [0.15, 0.2) is 76.9 Å². The smallest absolute Gasteiger partial charge is 0.349 e. The first-order valence-corrected chi connectivity index (χ1v) is 15.7. The van der Waals surface area contributed by atoms with Gasteiger partial charge in [-0.05, 0) is 84.3 Å². The van der Waals surface area contributed by atoms with Crippen LogP contribution in [0.1, 0.15) is 53.7 Å². The van der Waals surface area contributed by atoms with Crippen molar-refractivity contribution in [1.82, 2.24) is 4.57 Å². The Bertz CT molecular complexity index is 1920. The van der Waals surface area contributed by atoms with Crippen molar-refractivity contribution in [3.63, 3.8) is 0 Å². The molecule has 4 aromatic rings. The molecule has 42 heavy (non-hydrogen) atoms. The van der Waals surface area contributed by atoms with Crippen LogP contribution >= 0.6 is 22.7 Å². The number of thiophene rings is 1. The zero-order valence-electron chi connectivity index (χ0n) is 23.1. The van der Waals surface area contributed by atoms with Crippen molar-refractivity contribution in [3.8, 4) is 6.07 Å². The molecular formula is C34H29N3O3S2. The molecule has 0 radical (unpaired) electrons. The van der Waals surface area contributed by atoms with Crippen LogP contribution in [-0.2, 0) is 11.3 Å². The van der Waals surface area contributed by atoms with Gasteiger partial charge in [-0.2, -0.15) is 5.26 Å². The molecule has 1 saturated carbocycles. The molecule has 2 unspecified atom stereocenters. The third kappa shape index (κ3) is 5.18. The number of carboxylic acid groups (broad SMARTS) is 1. The van der Waals surface area contributed by atoms with Crippen molar-refractivity contribution < 1.29 is 9.90 Å². The molecule has 2 aromatic carbocycles. The summed E-state index contributed by atoms with van der Waals surface area (Å²) in [5.41, 5.74) is 5.03. The number of allylic oxidation sites excluding steroid dienone is 2. The summed E-state index contributed by atoms with van der Waals surface area (Å²) in [6.45, 7) is 2.06. The maximum atomic E-state index is 13.1. The summed E-state index contributed by atoms with van der Waals surface area (Å²) in [5.74, 6) is -0.903. The number of aromatic nitrogens is 1. The number of rotatable bonds is 7. The highest BCUT2D eigenvalue weighted by Gasteiger charge is 2.42. The van der Waals surface area contributed by atoms with E-state index < -0.39 is 11.5 Å². The highest BCUT2D eigenvalue weighted by molar-refractivity contribution is 7.10. The Morgan fingerprint density at radius 3 is 2.60 bits per heavy atom. The predicted molar refractivity (Wildman–Crippen MR) is 172 cm³/mol. The fraction of sp³-hybridized carbons (Fsp3) is 0.206. The predicted octanol–water partition coefficient (Wildman–Crippen LogP) is 6.09. The monoisotopic (exact) mass is 591 g/mol. The van der Waals surface area contributed by atoms with Gasteiger partial charge in [-0.15, -0.1) is 22.7 Å². The molecule has 0 bridgehead atoms. The Morgan fingerprint density at radius 1 is 1.10 bits per heavy atom. The number of anilines is 2. The molecule has 2 atom stereocenters. The molecule has 2 aromatic heterocycles. The van der Waals surface area contributed by atoms with Crippen LogP contribution in [0.25, 0.3) is 23.8 Å². The molecule has 3 heterocycles. The van der Waals surface area contributed by atoms with Gasteiger partial charge in [0.25, 0.3) is 5.56 Å². The summed E-state index contributed by atoms with van der Waals surface area (Å²) in [5, 5.41) is 20.9. The third-order valence-electron chi connectivity index (χ3n) is 7.96. The van der Waals surface area contributed by atoms with Gasteiger partial charge in [-0.3, -0.25) is 9.36 Å². The number of aliphatic carboxylic acids is 1.